The van der Waals surface area contributed by atoms with Gasteiger partial charge in [-0.25, -0.2) is 0 Å². The maximum atomic E-state index is 9.28. The average molecular weight is 257 g/mol. The van der Waals surface area contributed by atoms with Gasteiger partial charge in [0.15, 0.2) is 0 Å². The van der Waals surface area contributed by atoms with E-state index in [1.807, 2.05) is 12.1 Å². The molecule has 4 nitrogen and oxygen atoms in total. The van der Waals surface area contributed by atoms with Crippen molar-refractivity contribution in [2.75, 3.05) is 32.1 Å². The highest BCUT2D eigenvalue weighted by atomic mass is 35.5. The SMILES string of the molecule is Nc1ccc(Cl)cc1CN1CCOCC1CO. The largest absolute Gasteiger partial charge is 0.398 e. The summed E-state index contributed by atoms with van der Waals surface area (Å²) >= 11 is 5.96. The molecule has 1 heterocycles. The molecule has 3 N–H and O–H groups in total. The van der Waals surface area contributed by atoms with Gasteiger partial charge in [0, 0.05) is 23.8 Å². The molecule has 94 valence electrons. The summed E-state index contributed by atoms with van der Waals surface area (Å²) in [6, 6.07) is 5.51. The van der Waals surface area contributed by atoms with Gasteiger partial charge in [0.1, 0.15) is 0 Å². The van der Waals surface area contributed by atoms with E-state index in [1.165, 1.54) is 0 Å². The standard InChI is InChI=1S/C12H17ClN2O2/c13-10-1-2-12(14)9(5-10)6-15-3-4-17-8-11(15)7-16/h1-2,5,11,16H,3-4,6-8,14H2. The molecule has 1 aliphatic heterocycles. The van der Waals surface area contributed by atoms with Gasteiger partial charge < -0.3 is 15.6 Å². The highest BCUT2D eigenvalue weighted by Crippen LogP contribution is 2.21. The van der Waals surface area contributed by atoms with Crippen LogP contribution in [0.2, 0.25) is 5.02 Å². The number of aliphatic hydroxyl groups is 1. The van der Waals surface area contributed by atoms with Crippen molar-refractivity contribution in [2.45, 2.75) is 12.6 Å². The first-order valence-electron chi connectivity index (χ1n) is 5.67. The van der Waals surface area contributed by atoms with Crippen molar-refractivity contribution in [2.24, 2.45) is 0 Å². The maximum absolute atomic E-state index is 9.28. The first kappa shape index (κ1) is 12.6. The molecule has 1 atom stereocenters. The number of halogens is 1. The van der Waals surface area contributed by atoms with E-state index in [-0.39, 0.29) is 12.6 Å². The number of rotatable bonds is 3. The number of ether oxygens (including phenoxy) is 1. The average Bonchev–Trinajstić information content (AvgIpc) is 2.34. The fourth-order valence-corrected chi connectivity index (χ4v) is 2.19. The number of nitrogens with two attached hydrogens (primary N) is 1. The molecule has 0 radical (unpaired) electrons. The lowest BCUT2D eigenvalue weighted by Gasteiger charge is -2.34. The summed E-state index contributed by atoms with van der Waals surface area (Å²) in [5, 5.41) is 9.97. The Kier molecular flexibility index (Phi) is 4.23. The number of nitrogens with zero attached hydrogens (tertiary/aromatic N) is 1. The highest BCUT2D eigenvalue weighted by Gasteiger charge is 2.22. The van der Waals surface area contributed by atoms with Gasteiger partial charge in [-0.2, -0.15) is 0 Å². The van der Waals surface area contributed by atoms with Gasteiger partial charge in [0.05, 0.1) is 25.9 Å². The number of nitrogen functional groups attached to an aromatic ring is 1. The Balaban J connectivity index is 2.10. The highest BCUT2D eigenvalue weighted by molar-refractivity contribution is 6.30. The van der Waals surface area contributed by atoms with Gasteiger partial charge in [-0.1, -0.05) is 11.6 Å². The summed E-state index contributed by atoms with van der Waals surface area (Å²) in [5.74, 6) is 0. The summed E-state index contributed by atoms with van der Waals surface area (Å²) in [7, 11) is 0. The minimum absolute atomic E-state index is 0.0436. The first-order valence-corrected chi connectivity index (χ1v) is 6.05. The van der Waals surface area contributed by atoms with Gasteiger partial charge in [0.25, 0.3) is 0 Å². The zero-order valence-electron chi connectivity index (χ0n) is 9.60. The molecule has 17 heavy (non-hydrogen) atoms. The van der Waals surface area contributed by atoms with Crippen LogP contribution in [0.25, 0.3) is 0 Å². The third-order valence-electron chi connectivity index (χ3n) is 3.04. The molecule has 0 aromatic heterocycles. The van der Waals surface area contributed by atoms with E-state index < -0.39 is 0 Å². The maximum Gasteiger partial charge on any atom is 0.0644 e. The van der Waals surface area contributed by atoms with Crippen molar-refractivity contribution in [1.29, 1.82) is 0 Å². The lowest BCUT2D eigenvalue weighted by Crippen LogP contribution is -2.46. The summed E-state index contributed by atoms with van der Waals surface area (Å²) in [6.07, 6.45) is 0. The number of morpholine rings is 1. The molecular formula is C12H17ClN2O2. The molecule has 0 spiro atoms. The van der Waals surface area contributed by atoms with Crippen molar-refractivity contribution in [1.82, 2.24) is 4.90 Å². The van der Waals surface area contributed by atoms with E-state index in [0.29, 0.717) is 24.8 Å². The predicted molar refractivity (Wildman–Crippen MR) is 68.0 cm³/mol. The molecule has 0 amide bonds. The van der Waals surface area contributed by atoms with E-state index >= 15 is 0 Å². The van der Waals surface area contributed by atoms with Crippen LogP contribution in [0, 0.1) is 0 Å². The van der Waals surface area contributed by atoms with Crippen LogP contribution in [0.5, 0.6) is 0 Å². The first-order chi connectivity index (χ1) is 8.20. The number of anilines is 1. The molecule has 1 unspecified atom stereocenters. The minimum Gasteiger partial charge on any atom is -0.398 e. The van der Waals surface area contributed by atoms with Crippen LogP contribution < -0.4 is 5.73 Å². The Morgan fingerprint density at radius 1 is 1.53 bits per heavy atom. The van der Waals surface area contributed by atoms with Gasteiger partial charge in [-0.05, 0) is 23.8 Å². The van der Waals surface area contributed by atoms with Gasteiger partial charge in [-0.15, -0.1) is 0 Å². The summed E-state index contributed by atoms with van der Waals surface area (Å²) in [5.41, 5.74) is 7.65. The van der Waals surface area contributed by atoms with Crippen LogP contribution in [0.1, 0.15) is 5.56 Å². The molecule has 0 aliphatic carbocycles. The zero-order chi connectivity index (χ0) is 12.3. The zero-order valence-corrected chi connectivity index (χ0v) is 10.4. The van der Waals surface area contributed by atoms with Crippen molar-refractivity contribution >= 4 is 17.3 Å². The third-order valence-corrected chi connectivity index (χ3v) is 3.27. The topological polar surface area (TPSA) is 58.7 Å². The van der Waals surface area contributed by atoms with Crippen LogP contribution in [0.3, 0.4) is 0 Å². The van der Waals surface area contributed by atoms with Crippen LogP contribution >= 0.6 is 11.6 Å². The number of hydrogen-bond donors (Lipinski definition) is 2. The summed E-state index contributed by atoms with van der Waals surface area (Å²) < 4.78 is 5.34. The lowest BCUT2D eigenvalue weighted by molar-refractivity contribution is -0.0311. The lowest BCUT2D eigenvalue weighted by atomic mass is 10.1. The normalized spacial score (nSPS) is 21.6. The van der Waals surface area contributed by atoms with E-state index in [0.717, 1.165) is 17.8 Å². The van der Waals surface area contributed by atoms with Gasteiger partial charge in [0.2, 0.25) is 0 Å². The van der Waals surface area contributed by atoms with E-state index in [4.69, 9.17) is 22.1 Å². The second-order valence-electron chi connectivity index (χ2n) is 4.22. The minimum atomic E-state index is 0.0436. The second kappa shape index (κ2) is 5.69. The number of aliphatic hydroxyl groups excluding tert-OH is 1. The summed E-state index contributed by atoms with van der Waals surface area (Å²) in [4.78, 5) is 2.17. The predicted octanol–water partition coefficient (Wildman–Crippen LogP) is 1.12. The molecule has 2 rings (SSSR count). The van der Waals surface area contributed by atoms with Crippen molar-refractivity contribution in [3.63, 3.8) is 0 Å². The molecule has 1 aromatic carbocycles. The van der Waals surface area contributed by atoms with Crippen LogP contribution in [0.15, 0.2) is 18.2 Å². The molecule has 1 aromatic rings. The fraction of sp³-hybridized carbons (Fsp3) is 0.500. The van der Waals surface area contributed by atoms with Crippen molar-refractivity contribution in [3.8, 4) is 0 Å². The Labute approximate surface area is 106 Å². The van der Waals surface area contributed by atoms with Crippen LogP contribution in [0.4, 0.5) is 5.69 Å². The fourth-order valence-electron chi connectivity index (χ4n) is 2.00. The molecule has 5 heteroatoms. The molecule has 0 bridgehead atoms. The Hall–Kier alpha value is -0.810. The van der Waals surface area contributed by atoms with Crippen molar-refractivity contribution < 1.29 is 9.84 Å². The second-order valence-corrected chi connectivity index (χ2v) is 4.66. The molecule has 1 saturated heterocycles. The Morgan fingerprint density at radius 3 is 3.12 bits per heavy atom. The van der Waals surface area contributed by atoms with E-state index in [2.05, 4.69) is 4.90 Å². The van der Waals surface area contributed by atoms with Gasteiger partial charge >= 0.3 is 0 Å². The van der Waals surface area contributed by atoms with E-state index in [9.17, 15) is 5.11 Å². The smallest absolute Gasteiger partial charge is 0.0644 e. The number of hydrogen-bond acceptors (Lipinski definition) is 4. The van der Waals surface area contributed by atoms with E-state index in [1.54, 1.807) is 6.07 Å². The molecular weight excluding hydrogens is 240 g/mol. The van der Waals surface area contributed by atoms with Crippen molar-refractivity contribution in [3.05, 3.63) is 28.8 Å². The molecule has 1 fully saturated rings. The third kappa shape index (κ3) is 3.10. The Bertz CT molecular complexity index is 387. The monoisotopic (exact) mass is 256 g/mol. The Morgan fingerprint density at radius 2 is 2.35 bits per heavy atom. The quantitative estimate of drug-likeness (QED) is 0.796. The molecule has 0 saturated carbocycles. The van der Waals surface area contributed by atoms with Gasteiger partial charge in [-0.3, -0.25) is 4.90 Å². The number of benzene rings is 1. The summed E-state index contributed by atoms with van der Waals surface area (Å²) in [6.45, 7) is 2.85. The molecule has 1 aliphatic rings. The van der Waals surface area contributed by atoms with Crippen LogP contribution in [-0.4, -0.2) is 42.4 Å². The van der Waals surface area contributed by atoms with Crippen LogP contribution in [-0.2, 0) is 11.3 Å².